The highest BCUT2D eigenvalue weighted by molar-refractivity contribution is 5.55. The average molecular weight is 142 g/mol. The summed E-state index contributed by atoms with van der Waals surface area (Å²) in [4.78, 5) is 10.2. The summed E-state index contributed by atoms with van der Waals surface area (Å²) in [7, 11) is 0. The summed E-state index contributed by atoms with van der Waals surface area (Å²) < 4.78 is 5.44. The molecule has 0 aromatic rings. The summed E-state index contributed by atoms with van der Waals surface area (Å²) in [6, 6.07) is 0. The van der Waals surface area contributed by atoms with Gasteiger partial charge in [0.1, 0.15) is 6.29 Å². The van der Waals surface area contributed by atoms with Crippen molar-refractivity contribution in [1.82, 2.24) is 0 Å². The smallest absolute Gasteiger partial charge is 0.123 e. The van der Waals surface area contributed by atoms with E-state index in [0.29, 0.717) is 0 Å². The molecular weight excluding hydrogens is 128 g/mol. The molecule has 0 N–H and O–H groups in total. The topological polar surface area (TPSA) is 26.3 Å². The van der Waals surface area contributed by atoms with E-state index in [4.69, 9.17) is 4.74 Å². The number of carbonyl (C=O) groups excluding carboxylic acids is 1. The largest absolute Gasteiger partial charge is 0.376 e. The lowest BCUT2D eigenvalue weighted by atomic mass is 9.73. The standard InChI is InChI=1S/C8H14O2/c1-3-10-8(2)4-7(5-8)6-9/h6-7H,3-5H2,1-2H3. The maximum Gasteiger partial charge on any atom is 0.123 e. The Bertz CT molecular complexity index is 125. The van der Waals surface area contributed by atoms with Crippen molar-refractivity contribution in [3.8, 4) is 0 Å². The zero-order chi connectivity index (χ0) is 7.61. The lowest BCUT2D eigenvalue weighted by molar-refractivity contribution is -0.135. The van der Waals surface area contributed by atoms with Crippen LogP contribution in [0.2, 0.25) is 0 Å². The van der Waals surface area contributed by atoms with Crippen molar-refractivity contribution in [3.63, 3.8) is 0 Å². The van der Waals surface area contributed by atoms with Gasteiger partial charge in [-0.25, -0.2) is 0 Å². The van der Waals surface area contributed by atoms with Crippen molar-refractivity contribution in [1.29, 1.82) is 0 Å². The van der Waals surface area contributed by atoms with E-state index < -0.39 is 0 Å². The Morgan fingerprint density at radius 2 is 2.30 bits per heavy atom. The Kier molecular flexibility index (Phi) is 2.09. The monoisotopic (exact) mass is 142 g/mol. The number of hydrogen-bond acceptors (Lipinski definition) is 2. The molecule has 0 unspecified atom stereocenters. The van der Waals surface area contributed by atoms with E-state index in [0.717, 1.165) is 25.7 Å². The second-order valence-corrected chi connectivity index (χ2v) is 3.19. The van der Waals surface area contributed by atoms with Crippen LogP contribution in [0.1, 0.15) is 26.7 Å². The van der Waals surface area contributed by atoms with Crippen LogP contribution in [0.3, 0.4) is 0 Å². The molecule has 0 aromatic heterocycles. The highest BCUT2D eigenvalue weighted by Gasteiger charge is 2.40. The van der Waals surface area contributed by atoms with Crippen molar-refractivity contribution in [2.75, 3.05) is 6.61 Å². The van der Waals surface area contributed by atoms with Gasteiger partial charge in [0.15, 0.2) is 0 Å². The first-order chi connectivity index (χ1) is 4.70. The molecule has 1 aliphatic carbocycles. The summed E-state index contributed by atoms with van der Waals surface area (Å²) in [5.74, 6) is 0.261. The summed E-state index contributed by atoms with van der Waals surface area (Å²) in [6.07, 6.45) is 2.84. The van der Waals surface area contributed by atoms with Crippen LogP contribution in [-0.2, 0) is 9.53 Å². The SMILES string of the molecule is CCOC1(C)CC(C=O)C1. The number of aldehydes is 1. The van der Waals surface area contributed by atoms with Gasteiger partial charge in [0, 0.05) is 12.5 Å². The van der Waals surface area contributed by atoms with Crippen LogP contribution < -0.4 is 0 Å². The van der Waals surface area contributed by atoms with Gasteiger partial charge in [-0.1, -0.05) is 0 Å². The Morgan fingerprint density at radius 1 is 1.70 bits per heavy atom. The predicted molar refractivity (Wildman–Crippen MR) is 38.8 cm³/mol. The normalized spacial score (nSPS) is 38.8. The average Bonchev–Trinajstić information content (AvgIpc) is 1.83. The van der Waals surface area contributed by atoms with Crippen LogP contribution in [0.5, 0.6) is 0 Å². The van der Waals surface area contributed by atoms with Gasteiger partial charge in [-0.15, -0.1) is 0 Å². The minimum Gasteiger partial charge on any atom is -0.376 e. The van der Waals surface area contributed by atoms with Gasteiger partial charge in [0.2, 0.25) is 0 Å². The first kappa shape index (κ1) is 7.73. The molecule has 1 saturated carbocycles. The van der Waals surface area contributed by atoms with Crippen LogP contribution in [0.25, 0.3) is 0 Å². The number of rotatable bonds is 3. The summed E-state index contributed by atoms with van der Waals surface area (Å²) in [5, 5.41) is 0. The number of ether oxygens (including phenoxy) is 1. The van der Waals surface area contributed by atoms with Gasteiger partial charge in [0.25, 0.3) is 0 Å². The van der Waals surface area contributed by atoms with Gasteiger partial charge in [-0.2, -0.15) is 0 Å². The Morgan fingerprint density at radius 3 is 2.70 bits per heavy atom. The van der Waals surface area contributed by atoms with E-state index in [2.05, 4.69) is 6.92 Å². The lowest BCUT2D eigenvalue weighted by Gasteiger charge is -2.42. The molecule has 0 radical (unpaired) electrons. The zero-order valence-electron chi connectivity index (χ0n) is 6.59. The summed E-state index contributed by atoms with van der Waals surface area (Å²) in [6.45, 7) is 4.80. The van der Waals surface area contributed by atoms with E-state index in [1.54, 1.807) is 0 Å². The van der Waals surface area contributed by atoms with Crippen molar-refractivity contribution < 1.29 is 9.53 Å². The van der Waals surface area contributed by atoms with Gasteiger partial charge >= 0.3 is 0 Å². The number of hydrogen-bond donors (Lipinski definition) is 0. The van der Waals surface area contributed by atoms with E-state index in [9.17, 15) is 4.79 Å². The maximum absolute atomic E-state index is 10.2. The van der Waals surface area contributed by atoms with Crippen LogP contribution in [0, 0.1) is 5.92 Å². The molecule has 0 spiro atoms. The molecule has 2 nitrogen and oxygen atoms in total. The molecule has 0 aliphatic heterocycles. The lowest BCUT2D eigenvalue weighted by Crippen LogP contribution is -2.44. The molecule has 2 heteroatoms. The van der Waals surface area contributed by atoms with Gasteiger partial charge in [0.05, 0.1) is 5.60 Å². The summed E-state index contributed by atoms with van der Waals surface area (Å²) >= 11 is 0. The fourth-order valence-corrected chi connectivity index (χ4v) is 1.61. The molecule has 0 aromatic carbocycles. The molecule has 0 atom stereocenters. The van der Waals surface area contributed by atoms with Crippen LogP contribution in [0.4, 0.5) is 0 Å². The minimum absolute atomic E-state index is 0.0142. The molecule has 0 heterocycles. The first-order valence-electron chi connectivity index (χ1n) is 3.79. The Balaban J connectivity index is 2.27. The molecule has 0 saturated heterocycles. The fourth-order valence-electron chi connectivity index (χ4n) is 1.61. The first-order valence-corrected chi connectivity index (χ1v) is 3.79. The third-order valence-corrected chi connectivity index (χ3v) is 2.07. The van der Waals surface area contributed by atoms with Crippen molar-refractivity contribution in [2.45, 2.75) is 32.3 Å². The zero-order valence-corrected chi connectivity index (χ0v) is 6.59. The second kappa shape index (κ2) is 2.70. The Hall–Kier alpha value is -0.370. The second-order valence-electron chi connectivity index (χ2n) is 3.19. The minimum atomic E-state index is 0.0142. The van der Waals surface area contributed by atoms with Crippen LogP contribution in [-0.4, -0.2) is 18.5 Å². The highest BCUT2D eigenvalue weighted by Crippen LogP contribution is 2.38. The number of carbonyl (C=O) groups is 1. The maximum atomic E-state index is 10.2. The van der Waals surface area contributed by atoms with Crippen molar-refractivity contribution in [3.05, 3.63) is 0 Å². The molecule has 0 bridgehead atoms. The quantitative estimate of drug-likeness (QED) is 0.556. The molecule has 1 fully saturated rings. The molecule has 10 heavy (non-hydrogen) atoms. The van der Waals surface area contributed by atoms with E-state index >= 15 is 0 Å². The van der Waals surface area contributed by atoms with E-state index in [-0.39, 0.29) is 11.5 Å². The summed E-state index contributed by atoms with van der Waals surface area (Å²) in [5.41, 5.74) is 0.0142. The van der Waals surface area contributed by atoms with E-state index in [1.165, 1.54) is 0 Å². The predicted octanol–water partition coefficient (Wildman–Crippen LogP) is 1.39. The van der Waals surface area contributed by atoms with Gasteiger partial charge in [-0.05, 0) is 26.7 Å². The third-order valence-electron chi connectivity index (χ3n) is 2.07. The van der Waals surface area contributed by atoms with Crippen molar-refractivity contribution in [2.24, 2.45) is 5.92 Å². The molecule has 1 aliphatic rings. The Labute approximate surface area is 61.6 Å². The van der Waals surface area contributed by atoms with Gasteiger partial charge < -0.3 is 9.53 Å². The highest BCUT2D eigenvalue weighted by atomic mass is 16.5. The van der Waals surface area contributed by atoms with Crippen LogP contribution in [0.15, 0.2) is 0 Å². The fraction of sp³-hybridized carbons (Fsp3) is 0.875. The molecule has 58 valence electrons. The van der Waals surface area contributed by atoms with Crippen LogP contribution >= 0.6 is 0 Å². The molecule has 0 amide bonds. The van der Waals surface area contributed by atoms with E-state index in [1.807, 2.05) is 6.92 Å². The third kappa shape index (κ3) is 1.37. The van der Waals surface area contributed by atoms with Gasteiger partial charge in [-0.3, -0.25) is 0 Å². The van der Waals surface area contributed by atoms with Crippen molar-refractivity contribution >= 4 is 6.29 Å². The molecule has 1 rings (SSSR count). The molecular formula is C8H14O2.